The number of benzene rings is 1. The fourth-order valence-corrected chi connectivity index (χ4v) is 2.06. The van der Waals surface area contributed by atoms with Crippen LogP contribution in [0.2, 0.25) is 0 Å². The molecule has 0 aliphatic rings. The van der Waals surface area contributed by atoms with E-state index in [0.29, 0.717) is 6.42 Å². The van der Waals surface area contributed by atoms with Gasteiger partial charge in [0.05, 0.1) is 11.7 Å². The average Bonchev–Trinajstić information content (AvgIpc) is 2.75. The third kappa shape index (κ3) is 3.70. The van der Waals surface area contributed by atoms with Gasteiger partial charge in [0.25, 0.3) is 0 Å². The van der Waals surface area contributed by atoms with Crippen molar-refractivity contribution >= 4 is 16.9 Å². The fourth-order valence-electron chi connectivity index (χ4n) is 2.06. The van der Waals surface area contributed by atoms with Gasteiger partial charge in [-0.15, -0.1) is 0 Å². The topological polar surface area (TPSA) is 55.0 Å². The van der Waals surface area contributed by atoms with E-state index in [0.717, 1.165) is 22.0 Å². The van der Waals surface area contributed by atoms with Crippen molar-refractivity contribution in [2.24, 2.45) is 0 Å². The normalized spacial score (nSPS) is 12.2. The van der Waals surface area contributed by atoms with E-state index in [1.807, 2.05) is 40.0 Å². The van der Waals surface area contributed by atoms with Crippen LogP contribution in [0.1, 0.15) is 31.9 Å². The smallest absolute Gasteiger partial charge is 0.330 e. The second-order valence-corrected chi connectivity index (χ2v) is 5.89. The average molecular weight is 272 g/mol. The Morgan fingerprint density at radius 3 is 2.85 bits per heavy atom. The van der Waals surface area contributed by atoms with Crippen molar-refractivity contribution in [1.82, 2.24) is 10.2 Å². The number of carbonyl (C=O) groups excluding carboxylic acids is 1. The van der Waals surface area contributed by atoms with E-state index < -0.39 is 5.60 Å². The quantitative estimate of drug-likeness (QED) is 0.689. The molecule has 1 aromatic heterocycles. The minimum atomic E-state index is -0.451. The number of carbonyl (C=O) groups is 1. The van der Waals surface area contributed by atoms with E-state index in [4.69, 9.17) is 4.74 Å². The second kappa shape index (κ2) is 5.49. The number of aromatic amines is 1. The van der Waals surface area contributed by atoms with Gasteiger partial charge in [0.1, 0.15) is 5.60 Å². The lowest BCUT2D eigenvalue weighted by Crippen LogP contribution is -2.22. The number of hydrogen-bond donors (Lipinski definition) is 1. The Morgan fingerprint density at radius 1 is 1.40 bits per heavy atom. The molecule has 2 rings (SSSR count). The number of H-pyrrole nitrogens is 1. The number of aromatic nitrogens is 2. The monoisotopic (exact) mass is 272 g/mol. The highest BCUT2D eigenvalue weighted by molar-refractivity contribution is 5.83. The molecule has 2 aromatic rings. The van der Waals surface area contributed by atoms with Gasteiger partial charge >= 0.3 is 5.97 Å². The first-order chi connectivity index (χ1) is 9.35. The Hall–Kier alpha value is -2.10. The maximum absolute atomic E-state index is 11.6. The van der Waals surface area contributed by atoms with E-state index in [2.05, 4.69) is 22.3 Å². The van der Waals surface area contributed by atoms with Crippen LogP contribution in [0.25, 0.3) is 10.9 Å². The summed E-state index contributed by atoms with van der Waals surface area (Å²) in [5, 5.41) is 8.10. The molecular weight excluding hydrogens is 252 g/mol. The largest absolute Gasteiger partial charge is 0.457 e. The van der Waals surface area contributed by atoms with Crippen molar-refractivity contribution < 1.29 is 9.53 Å². The number of nitrogens with one attached hydrogen (secondary N) is 1. The number of nitrogens with zero attached hydrogens (tertiary/aromatic N) is 1. The molecule has 20 heavy (non-hydrogen) atoms. The van der Waals surface area contributed by atoms with E-state index in [1.54, 1.807) is 0 Å². The summed E-state index contributed by atoms with van der Waals surface area (Å²) in [6.07, 6.45) is 5.82. The van der Waals surface area contributed by atoms with Crippen LogP contribution in [0, 0.1) is 6.92 Å². The number of rotatable bonds is 3. The first-order valence-electron chi connectivity index (χ1n) is 6.67. The minimum absolute atomic E-state index is 0.307. The molecule has 0 saturated heterocycles. The molecule has 1 N–H and O–H groups in total. The van der Waals surface area contributed by atoms with Crippen molar-refractivity contribution in [1.29, 1.82) is 0 Å². The molecule has 0 fully saturated rings. The number of hydrogen-bond acceptors (Lipinski definition) is 3. The molecule has 1 heterocycles. The molecule has 4 nitrogen and oxygen atoms in total. The summed E-state index contributed by atoms with van der Waals surface area (Å²) >= 11 is 0. The zero-order valence-corrected chi connectivity index (χ0v) is 12.4. The van der Waals surface area contributed by atoms with Crippen molar-refractivity contribution in [3.8, 4) is 0 Å². The summed E-state index contributed by atoms with van der Waals surface area (Å²) in [7, 11) is 0. The number of allylic oxidation sites excluding steroid dienone is 1. The van der Waals surface area contributed by atoms with Gasteiger partial charge in [0, 0.05) is 11.5 Å². The molecule has 0 atom stereocenters. The van der Waals surface area contributed by atoms with Crippen molar-refractivity contribution in [3.05, 3.63) is 41.6 Å². The van der Waals surface area contributed by atoms with E-state index >= 15 is 0 Å². The van der Waals surface area contributed by atoms with Crippen LogP contribution in [-0.2, 0) is 16.0 Å². The van der Waals surface area contributed by atoms with Crippen molar-refractivity contribution in [2.45, 2.75) is 39.7 Å². The van der Waals surface area contributed by atoms with E-state index in [1.165, 1.54) is 6.08 Å². The summed E-state index contributed by atoms with van der Waals surface area (Å²) in [5.74, 6) is -0.307. The van der Waals surface area contributed by atoms with Gasteiger partial charge in [0.2, 0.25) is 0 Å². The molecule has 0 amide bonds. The van der Waals surface area contributed by atoms with E-state index in [-0.39, 0.29) is 5.97 Å². The highest BCUT2D eigenvalue weighted by Crippen LogP contribution is 2.18. The maximum Gasteiger partial charge on any atom is 0.330 e. The summed E-state index contributed by atoms with van der Waals surface area (Å²) in [4.78, 5) is 11.6. The number of fused-ring (bicyclic) bond motifs is 1. The zero-order chi connectivity index (χ0) is 14.8. The molecule has 1 aromatic carbocycles. The second-order valence-electron chi connectivity index (χ2n) is 5.89. The summed E-state index contributed by atoms with van der Waals surface area (Å²) in [6.45, 7) is 7.61. The molecule has 0 saturated carbocycles. The lowest BCUT2D eigenvalue weighted by Gasteiger charge is -2.17. The number of esters is 1. The van der Waals surface area contributed by atoms with Crippen molar-refractivity contribution in [3.63, 3.8) is 0 Å². The van der Waals surface area contributed by atoms with Gasteiger partial charge in [-0.05, 0) is 51.3 Å². The molecule has 0 radical (unpaired) electrons. The van der Waals surface area contributed by atoms with Crippen LogP contribution >= 0.6 is 0 Å². The predicted molar refractivity (Wildman–Crippen MR) is 79.5 cm³/mol. The van der Waals surface area contributed by atoms with Crippen molar-refractivity contribution in [2.75, 3.05) is 0 Å². The summed E-state index contributed by atoms with van der Waals surface area (Å²) in [5.41, 5.74) is 2.91. The van der Waals surface area contributed by atoms with Gasteiger partial charge in [-0.3, -0.25) is 5.10 Å². The fraction of sp³-hybridized carbons (Fsp3) is 0.375. The summed E-state index contributed by atoms with van der Waals surface area (Å²) < 4.78 is 5.22. The molecule has 0 aliphatic carbocycles. The molecule has 0 bridgehead atoms. The first kappa shape index (κ1) is 14.3. The van der Waals surface area contributed by atoms with Crippen LogP contribution < -0.4 is 0 Å². The third-order valence-corrected chi connectivity index (χ3v) is 2.82. The SMILES string of the molecule is Cc1cc(CC=CC(=O)OC(C)(C)C)cc2cn[nH]c12. The lowest BCUT2D eigenvalue weighted by atomic mass is 10.1. The number of ether oxygens (including phenoxy) is 1. The third-order valence-electron chi connectivity index (χ3n) is 2.82. The highest BCUT2D eigenvalue weighted by atomic mass is 16.6. The van der Waals surface area contributed by atoms with Crippen LogP contribution in [-0.4, -0.2) is 21.8 Å². The Bertz CT molecular complexity index is 648. The molecule has 106 valence electrons. The van der Waals surface area contributed by atoms with Gasteiger partial charge < -0.3 is 4.74 Å². The molecule has 0 spiro atoms. The first-order valence-corrected chi connectivity index (χ1v) is 6.67. The Balaban J connectivity index is 2.04. The summed E-state index contributed by atoms with van der Waals surface area (Å²) in [6, 6.07) is 4.17. The van der Waals surface area contributed by atoms with Crippen LogP contribution in [0.5, 0.6) is 0 Å². The molecule has 0 unspecified atom stereocenters. The van der Waals surface area contributed by atoms with Crippen LogP contribution in [0.4, 0.5) is 0 Å². The Labute approximate surface area is 118 Å². The molecular formula is C16H20N2O2. The zero-order valence-electron chi connectivity index (χ0n) is 12.4. The van der Waals surface area contributed by atoms with Crippen LogP contribution in [0.15, 0.2) is 30.5 Å². The minimum Gasteiger partial charge on any atom is -0.457 e. The van der Waals surface area contributed by atoms with Gasteiger partial charge in [-0.2, -0.15) is 5.10 Å². The van der Waals surface area contributed by atoms with E-state index in [9.17, 15) is 4.79 Å². The standard InChI is InChI=1S/C16H20N2O2/c1-11-8-12(9-13-10-17-18-15(11)13)6-5-7-14(19)20-16(2,3)4/h5,7-10H,6H2,1-4H3,(H,17,18). The molecule has 0 aliphatic heterocycles. The van der Waals surface area contributed by atoms with Gasteiger partial charge in [0.15, 0.2) is 0 Å². The highest BCUT2D eigenvalue weighted by Gasteiger charge is 2.13. The Kier molecular flexibility index (Phi) is 3.93. The van der Waals surface area contributed by atoms with Gasteiger partial charge in [-0.1, -0.05) is 12.1 Å². The van der Waals surface area contributed by atoms with Gasteiger partial charge in [-0.25, -0.2) is 4.79 Å². The predicted octanol–water partition coefficient (Wildman–Crippen LogP) is 3.31. The van der Waals surface area contributed by atoms with Crippen LogP contribution in [0.3, 0.4) is 0 Å². The maximum atomic E-state index is 11.6. The lowest BCUT2D eigenvalue weighted by molar-refractivity contribution is -0.148. The number of aryl methyl sites for hydroxylation is 1. The molecule has 4 heteroatoms. The Morgan fingerprint density at radius 2 is 2.15 bits per heavy atom.